The number of amides is 1. The lowest BCUT2D eigenvalue weighted by Crippen LogP contribution is -2.51. The molecule has 0 aromatic rings. The van der Waals surface area contributed by atoms with Crippen LogP contribution in [-0.2, 0) is 24.3 Å². The molecule has 22 heavy (non-hydrogen) atoms. The molecule has 0 bridgehead atoms. The Morgan fingerprint density at radius 2 is 2.18 bits per heavy atom. The van der Waals surface area contributed by atoms with Crippen molar-refractivity contribution in [1.82, 2.24) is 9.21 Å². The molecule has 9 heteroatoms. The standard InChI is InChI=1S/C13H22N2O6S/c1-3-4-5-12(16)14-6-7-21-11(8-14)9-15(10-13(17)18)22(2,19)20/h3,11H,1,4-10H2,2H3,(H,17,18). The first-order valence-electron chi connectivity index (χ1n) is 6.91. The Labute approximate surface area is 130 Å². The third-order valence-corrected chi connectivity index (χ3v) is 4.46. The minimum absolute atomic E-state index is 0.0441. The summed E-state index contributed by atoms with van der Waals surface area (Å²) in [5, 5.41) is 8.79. The van der Waals surface area contributed by atoms with Gasteiger partial charge in [0.1, 0.15) is 6.54 Å². The number of aliphatic carboxylic acids is 1. The van der Waals surface area contributed by atoms with Crippen LogP contribution in [0.2, 0.25) is 0 Å². The number of rotatable bonds is 8. The lowest BCUT2D eigenvalue weighted by molar-refractivity contribution is -0.141. The third kappa shape index (κ3) is 6.12. The van der Waals surface area contributed by atoms with Crippen LogP contribution >= 0.6 is 0 Å². The fourth-order valence-electron chi connectivity index (χ4n) is 2.14. The monoisotopic (exact) mass is 334 g/mol. The van der Waals surface area contributed by atoms with Crippen molar-refractivity contribution < 1.29 is 27.9 Å². The van der Waals surface area contributed by atoms with Crippen molar-refractivity contribution in [2.24, 2.45) is 0 Å². The van der Waals surface area contributed by atoms with Gasteiger partial charge in [-0.2, -0.15) is 4.31 Å². The van der Waals surface area contributed by atoms with Crippen molar-refractivity contribution in [3.05, 3.63) is 12.7 Å². The van der Waals surface area contributed by atoms with E-state index in [1.54, 1.807) is 11.0 Å². The number of carboxylic acids is 1. The molecule has 0 aliphatic carbocycles. The Hall–Kier alpha value is -1.45. The van der Waals surface area contributed by atoms with E-state index in [-0.39, 0.29) is 19.0 Å². The molecule has 8 nitrogen and oxygen atoms in total. The van der Waals surface area contributed by atoms with Gasteiger partial charge in [0.15, 0.2) is 0 Å². The molecule has 1 aliphatic heterocycles. The summed E-state index contributed by atoms with van der Waals surface area (Å²) in [4.78, 5) is 24.3. The number of ether oxygens (including phenoxy) is 1. The quantitative estimate of drug-likeness (QED) is 0.602. The summed E-state index contributed by atoms with van der Waals surface area (Å²) in [5.41, 5.74) is 0. The number of hydrogen-bond acceptors (Lipinski definition) is 5. The van der Waals surface area contributed by atoms with Gasteiger partial charge in [-0.05, 0) is 6.42 Å². The van der Waals surface area contributed by atoms with E-state index in [0.717, 1.165) is 10.6 Å². The second kappa shape index (κ2) is 8.25. The molecule has 1 atom stereocenters. The smallest absolute Gasteiger partial charge is 0.318 e. The fraction of sp³-hybridized carbons (Fsp3) is 0.692. The van der Waals surface area contributed by atoms with Crippen LogP contribution in [0.25, 0.3) is 0 Å². The summed E-state index contributed by atoms with van der Waals surface area (Å²) in [6, 6.07) is 0. The van der Waals surface area contributed by atoms with Crippen molar-refractivity contribution in [3.63, 3.8) is 0 Å². The highest BCUT2D eigenvalue weighted by Crippen LogP contribution is 2.11. The maximum absolute atomic E-state index is 12.0. The first kappa shape index (κ1) is 18.6. The van der Waals surface area contributed by atoms with Crippen LogP contribution in [0.5, 0.6) is 0 Å². The van der Waals surface area contributed by atoms with E-state index in [1.807, 2.05) is 0 Å². The van der Waals surface area contributed by atoms with Crippen molar-refractivity contribution in [2.75, 3.05) is 39.0 Å². The Morgan fingerprint density at radius 3 is 2.73 bits per heavy atom. The number of hydrogen-bond donors (Lipinski definition) is 1. The van der Waals surface area contributed by atoms with Gasteiger partial charge < -0.3 is 14.7 Å². The van der Waals surface area contributed by atoms with Crippen LogP contribution < -0.4 is 0 Å². The van der Waals surface area contributed by atoms with Gasteiger partial charge in [-0.25, -0.2) is 8.42 Å². The van der Waals surface area contributed by atoms with Gasteiger partial charge in [0, 0.05) is 26.1 Å². The number of nitrogens with zero attached hydrogens (tertiary/aromatic N) is 2. The van der Waals surface area contributed by atoms with Crippen LogP contribution in [0.15, 0.2) is 12.7 Å². The largest absolute Gasteiger partial charge is 0.480 e. The summed E-state index contributed by atoms with van der Waals surface area (Å²) in [6.07, 6.45) is 3.01. The summed E-state index contributed by atoms with van der Waals surface area (Å²) < 4.78 is 29.5. The SMILES string of the molecule is C=CCCC(=O)N1CCOC(CN(CC(=O)O)S(C)(=O)=O)C1. The van der Waals surface area contributed by atoms with Crippen molar-refractivity contribution in [2.45, 2.75) is 18.9 Å². The van der Waals surface area contributed by atoms with Crippen LogP contribution in [0, 0.1) is 0 Å². The van der Waals surface area contributed by atoms with Crippen molar-refractivity contribution in [1.29, 1.82) is 0 Å². The third-order valence-electron chi connectivity index (χ3n) is 3.24. The second-order valence-corrected chi connectivity index (χ2v) is 7.09. The molecular formula is C13H22N2O6S. The van der Waals surface area contributed by atoms with E-state index < -0.39 is 28.6 Å². The van der Waals surface area contributed by atoms with Gasteiger partial charge in [0.25, 0.3) is 0 Å². The summed E-state index contributed by atoms with van der Waals surface area (Å²) >= 11 is 0. The van der Waals surface area contributed by atoms with Gasteiger partial charge in [-0.1, -0.05) is 6.08 Å². The number of morpholine rings is 1. The predicted octanol–water partition coefficient (Wildman–Crippen LogP) is -0.474. The zero-order valence-corrected chi connectivity index (χ0v) is 13.4. The van der Waals surface area contributed by atoms with Gasteiger partial charge in [-0.3, -0.25) is 9.59 Å². The maximum Gasteiger partial charge on any atom is 0.318 e. The molecule has 126 valence electrons. The summed E-state index contributed by atoms with van der Waals surface area (Å²) in [7, 11) is -3.66. The van der Waals surface area contributed by atoms with Crippen molar-refractivity contribution >= 4 is 21.9 Å². The average molecular weight is 334 g/mol. The van der Waals surface area contributed by atoms with Crippen LogP contribution in [-0.4, -0.2) is 79.8 Å². The van der Waals surface area contributed by atoms with Crippen LogP contribution in [0.3, 0.4) is 0 Å². The number of carbonyl (C=O) groups excluding carboxylic acids is 1. The topological polar surface area (TPSA) is 104 Å². The zero-order valence-electron chi connectivity index (χ0n) is 12.6. The van der Waals surface area contributed by atoms with E-state index in [4.69, 9.17) is 9.84 Å². The molecule has 0 spiro atoms. The fourth-order valence-corrected chi connectivity index (χ4v) is 2.92. The molecule has 0 saturated carbocycles. The van der Waals surface area contributed by atoms with E-state index in [9.17, 15) is 18.0 Å². The molecule has 1 rings (SSSR count). The molecule has 1 amide bonds. The van der Waals surface area contributed by atoms with E-state index in [0.29, 0.717) is 26.0 Å². The zero-order chi connectivity index (χ0) is 16.8. The molecule has 1 aliphatic rings. The molecule has 1 N–H and O–H groups in total. The number of carboxylic acid groups (broad SMARTS) is 1. The first-order valence-corrected chi connectivity index (χ1v) is 8.76. The lowest BCUT2D eigenvalue weighted by Gasteiger charge is -2.34. The Kier molecular flexibility index (Phi) is 6.98. The summed E-state index contributed by atoms with van der Waals surface area (Å²) in [5.74, 6) is -1.28. The second-order valence-electron chi connectivity index (χ2n) is 5.11. The first-order chi connectivity index (χ1) is 10.2. The highest BCUT2D eigenvalue weighted by atomic mass is 32.2. The molecule has 1 saturated heterocycles. The minimum Gasteiger partial charge on any atom is -0.480 e. The van der Waals surface area contributed by atoms with Gasteiger partial charge >= 0.3 is 5.97 Å². The van der Waals surface area contributed by atoms with Crippen LogP contribution in [0.4, 0.5) is 0 Å². The predicted molar refractivity (Wildman–Crippen MR) is 79.8 cm³/mol. The Morgan fingerprint density at radius 1 is 1.50 bits per heavy atom. The lowest BCUT2D eigenvalue weighted by atomic mass is 10.2. The summed E-state index contributed by atoms with van der Waals surface area (Å²) in [6.45, 7) is 3.85. The number of allylic oxidation sites excluding steroid dienone is 1. The highest BCUT2D eigenvalue weighted by Gasteiger charge is 2.29. The molecule has 0 aromatic heterocycles. The van der Waals surface area contributed by atoms with E-state index in [1.165, 1.54) is 0 Å². The van der Waals surface area contributed by atoms with E-state index >= 15 is 0 Å². The average Bonchev–Trinajstić information content (AvgIpc) is 2.43. The Bertz CT molecular complexity index is 519. The molecule has 1 unspecified atom stereocenters. The molecule has 0 aromatic carbocycles. The number of sulfonamides is 1. The molecule has 0 radical (unpaired) electrons. The molecule has 1 fully saturated rings. The minimum atomic E-state index is -3.66. The van der Waals surface area contributed by atoms with Crippen molar-refractivity contribution in [3.8, 4) is 0 Å². The van der Waals surface area contributed by atoms with Gasteiger partial charge in [0.05, 0.1) is 19.0 Å². The maximum atomic E-state index is 12.0. The van der Waals surface area contributed by atoms with Crippen LogP contribution in [0.1, 0.15) is 12.8 Å². The number of carbonyl (C=O) groups is 2. The highest BCUT2D eigenvalue weighted by molar-refractivity contribution is 7.88. The van der Waals surface area contributed by atoms with E-state index in [2.05, 4.69) is 6.58 Å². The van der Waals surface area contributed by atoms with Gasteiger partial charge in [-0.15, -0.1) is 6.58 Å². The van der Waals surface area contributed by atoms with Gasteiger partial charge in [0.2, 0.25) is 15.9 Å². The molecular weight excluding hydrogens is 312 g/mol. The Balaban J connectivity index is 2.65. The molecule has 1 heterocycles. The normalized spacial score (nSPS) is 19.2.